The van der Waals surface area contributed by atoms with Gasteiger partial charge in [-0.05, 0) is 116 Å². The molecule has 0 bridgehead atoms. The van der Waals surface area contributed by atoms with Gasteiger partial charge in [-0.15, -0.1) is 68.0 Å². The summed E-state index contributed by atoms with van der Waals surface area (Å²) in [5, 5.41) is 13.2. The third kappa shape index (κ3) is 7.21. The lowest BCUT2D eigenvalue weighted by Gasteiger charge is -2.23. The topological polar surface area (TPSA) is 17.1 Å². The molecule has 50 heavy (non-hydrogen) atoms. The molecule has 0 N–H and O–H groups in total. The number of thiophene rings is 6. The van der Waals surface area contributed by atoms with Gasteiger partial charge in [0, 0.05) is 11.1 Å². The van der Waals surface area contributed by atoms with Crippen LogP contribution in [0.2, 0.25) is 0 Å². The third-order valence-corrected chi connectivity index (χ3v) is 27.2. The van der Waals surface area contributed by atoms with E-state index in [0.717, 1.165) is 23.5 Å². The van der Waals surface area contributed by atoms with E-state index in [1.165, 1.54) is 38.8 Å². The Bertz CT molecular complexity index is 1850. The van der Waals surface area contributed by atoms with Crippen molar-refractivity contribution in [2.24, 2.45) is 0 Å². The van der Waals surface area contributed by atoms with Crippen LogP contribution in [0.3, 0.4) is 0 Å². The SMILES string of the molecule is O=C(c1ccc(C[P+](c2cccs2)(c2cccs2)c2cccs2)cc1)c1ccc(C[P+](c2cccs2)(c2cccs2)c2cccs2)cc1.[Br-].[Br-]. The maximum atomic E-state index is 13.8. The van der Waals surface area contributed by atoms with Gasteiger partial charge in [0.05, 0.1) is 0 Å². The zero-order valence-corrected chi connectivity index (χ0v) is 36.3. The Kier molecular flexibility index (Phi) is 12.8. The van der Waals surface area contributed by atoms with Crippen molar-refractivity contribution in [1.29, 1.82) is 0 Å². The van der Waals surface area contributed by atoms with Crippen LogP contribution >= 0.6 is 82.5 Å². The second-order valence-electron chi connectivity index (χ2n) is 11.4. The van der Waals surface area contributed by atoms with Gasteiger partial charge in [-0.1, -0.05) is 48.5 Å². The molecule has 0 saturated carbocycles. The number of rotatable bonds is 12. The summed E-state index contributed by atoms with van der Waals surface area (Å²) in [6.45, 7) is 0. The average molecular weight is 929 g/mol. The molecule has 8 rings (SSSR count). The molecule has 0 aliphatic carbocycles. The van der Waals surface area contributed by atoms with Crippen molar-refractivity contribution in [3.63, 3.8) is 0 Å². The molecule has 0 saturated heterocycles. The summed E-state index contributed by atoms with van der Waals surface area (Å²) in [6.07, 6.45) is 1.89. The number of benzene rings is 2. The fourth-order valence-corrected chi connectivity index (χ4v) is 26.0. The van der Waals surface area contributed by atoms with Crippen molar-refractivity contribution < 1.29 is 38.8 Å². The number of ketones is 1. The second-order valence-corrected chi connectivity index (χ2v) is 25.6. The minimum absolute atomic E-state index is 0. The fraction of sp³-hybridized carbons (Fsp3) is 0.0513. The lowest BCUT2D eigenvalue weighted by atomic mass is 10.0. The Balaban J connectivity index is 0.00000216. The zero-order valence-electron chi connectivity index (χ0n) is 26.4. The molecule has 0 spiro atoms. The highest BCUT2D eigenvalue weighted by atomic mass is 79.9. The van der Waals surface area contributed by atoms with E-state index in [1.807, 2.05) is 92.3 Å². The van der Waals surface area contributed by atoms with Crippen molar-refractivity contribution in [2.75, 3.05) is 0 Å². The van der Waals surface area contributed by atoms with Gasteiger partial charge in [0.15, 0.2) is 33.5 Å². The van der Waals surface area contributed by atoms with Crippen LogP contribution in [0.1, 0.15) is 27.0 Å². The Morgan fingerprint density at radius 2 is 0.620 bits per heavy atom. The summed E-state index contributed by atoms with van der Waals surface area (Å²) < 4.78 is 8.73. The number of halogens is 2. The Morgan fingerprint density at radius 1 is 0.380 bits per heavy atom. The summed E-state index contributed by atoms with van der Waals surface area (Å²) >= 11 is 11.2. The van der Waals surface area contributed by atoms with Crippen molar-refractivity contribution in [2.45, 2.75) is 12.3 Å². The summed E-state index contributed by atoms with van der Waals surface area (Å²) in [5.74, 6) is 0.0692. The molecule has 0 fully saturated rings. The van der Waals surface area contributed by atoms with E-state index >= 15 is 0 Å². The number of carbonyl (C=O) groups is 1. The zero-order chi connectivity index (χ0) is 32.4. The fourth-order valence-electron chi connectivity index (χ4n) is 6.28. The number of hydrogen-bond donors (Lipinski definition) is 0. The average Bonchev–Trinajstić information content (AvgIpc) is 3.99. The van der Waals surface area contributed by atoms with Crippen molar-refractivity contribution in [3.05, 3.63) is 176 Å². The van der Waals surface area contributed by atoms with Gasteiger partial charge in [0.25, 0.3) is 0 Å². The molecule has 6 aromatic heterocycles. The summed E-state index contributed by atoms with van der Waals surface area (Å²) in [7, 11) is -3.66. The first-order valence-electron chi connectivity index (χ1n) is 15.4. The first-order chi connectivity index (χ1) is 23.7. The van der Waals surface area contributed by atoms with E-state index in [1.54, 1.807) is 0 Å². The smallest absolute Gasteiger partial charge is 0.193 e. The Morgan fingerprint density at radius 3 is 0.820 bits per heavy atom. The predicted molar refractivity (Wildman–Crippen MR) is 221 cm³/mol. The van der Waals surface area contributed by atoms with Crippen LogP contribution in [0.5, 0.6) is 0 Å². The minimum Gasteiger partial charge on any atom is -1.00 e. The molecule has 6 heterocycles. The highest BCUT2D eigenvalue weighted by molar-refractivity contribution is 8.04. The molecular formula is C39H30Br2OP2S6. The largest absolute Gasteiger partial charge is 1.00 e. The predicted octanol–water partition coefficient (Wildman–Crippen LogP) is 4.28. The van der Waals surface area contributed by atoms with Crippen LogP contribution in [0.25, 0.3) is 0 Å². The highest BCUT2D eigenvalue weighted by Crippen LogP contribution is 2.62. The summed E-state index contributed by atoms with van der Waals surface area (Å²) in [5.41, 5.74) is 4.00. The van der Waals surface area contributed by atoms with Crippen LogP contribution in [-0.4, -0.2) is 5.78 Å². The lowest BCUT2D eigenvalue weighted by Crippen LogP contribution is -3.00. The van der Waals surface area contributed by atoms with Gasteiger partial charge in [-0.2, -0.15) is 0 Å². The maximum absolute atomic E-state index is 13.8. The van der Waals surface area contributed by atoms with E-state index in [4.69, 9.17) is 0 Å². The monoisotopic (exact) mass is 926 g/mol. The maximum Gasteiger partial charge on any atom is 0.193 e. The van der Waals surface area contributed by atoms with Crippen LogP contribution < -0.4 is 61.7 Å². The van der Waals surface area contributed by atoms with Gasteiger partial charge < -0.3 is 34.0 Å². The van der Waals surface area contributed by atoms with E-state index in [0.29, 0.717) is 0 Å². The molecular weight excluding hydrogens is 899 g/mol. The standard InChI is InChI=1S/C39H30OP2S6.2BrH/c40-39(31-17-13-29(14-18-31)27-41(33-7-1-21-43-33,34-8-2-22-44-34)35-9-3-23-45-35)32-19-15-30(16-20-32)28-42(36-10-4-24-46-36,37-11-5-25-47-37)38-12-6-26-48-38;;/h1-26H,27-28H2;2*1H/q+2;;/p-2. The summed E-state index contributed by atoms with van der Waals surface area (Å²) in [6, 6.07) is 43.7. The molecule has 0 atom stereocenters. The highest BCUT2D eigenvalue weighted by Gasteiger charge is 2.49. The molecule has 0 aliphatic rings. The Labute approximate surface area is 339 Å². The third-order valence-electron chi connectivity index (χ3n) is 8.57. The van der Waals surface area contributed by atoms with Gasteiger partial charge in [0.2, 0.25) is 0 Å². The first kappa shape index (κ1) is 37.9. The van der Waals surface area contributed by atoms with Crippen molar-refractivity contribution >= 4 is 116 Å². The van der Waals surface area contributed by atoms with E-state index in [9.17, 15) is 4.79 Å². The van der Waals surface area contributed by atoms with Gasteiger partial charge in [-0.25, -0.2) is 0 Å². The molecule has 0 amide bonds. The van der Waals surface area contributed by atoms with E-state index < -0.39 is 14.5 Å². The van der Waals surface area contributed by atoms with E-state index in [2.05, 4.69) is 129 Å². The summed E-state index contributed by atoms with van der Waals surface area (Å²) in [4.78, 5) is 13.8. The van der Waals surface area contributed by atoms with Crippen molar-refractivity contribution in [1.82, 2.24) is 0 Å². The van der Waals surface area contributed by atoms with Gasteiger partial charge in [0.1, 0.15) is 26.8 Å². The van der Waals surface area contributed by atoms with Crippen LogP contribution in [0.4, 0.5) is 0 Å². The van der Waals surface area contributed by atoms with Gasteiger partial charge >= 0.3 is 0 Å². The Hall–Kier alpha value is -1.87. The molecule has 0 radical (unpaired) electrons. The van der Waals surface area contributed by atoms with Gasteiger partial charge in [-0.3, -0.25) is 4.79 Å². The molecule has 8 aromatic rings. The molecule has 0 aliphatic heterocycles. The molecule has 1 nitrogen and oxygen atoms in total. The quantitative estimate of drug-likeness (QED) is 0.132. The molecule has 0 unspecified atom stereocenters. The first-order valence-corrected chi connectivity index (χ1v) is 24.6. The van der Waals surface area contributed by atoms with E-state index in [-0.39, 0.29) is 39.7 Å². The number of carbonyl (C=O) groups excluding carboxylic acids is 1. The van der Waals surface area contributed by atoms with Crippen molar-refractivity contribution in [3.8, 4) is 0 Å². The minimum atomic E-state index is -1.83. The lowest BCUT2D eigenvalue weighted by molar-refractivity contribution is -0.00100. The normalized spacial score (nSPS) is 11.5. The van der Waals surface area contributed by atoms with Crippen LogP contribution in [0, 0.1) is 0 Å². The van der Waals surface area contributed by atoms with Crippen LogP contribution in [-0.2, 0) is 12.3 Å². The number of hydrogen-bond acceptors (Lipinski definition) is 7. The van der Waals surface area contributed by atoms with Crippen LogP contribution in [0.15, 0.2) is 154 Å². The second kappa shape index (κ2) is 16.9. The molecule has 2 aromatic carbocycles. The molecule has 11 heteroatoms. The molecule has 252 valence electrons.